The smallest absolute Gasteiger partial charge is 0.316 e. The van der Waals surface area contributed by atoms with Gasteiger partial charge in [0.2, 0.25) is 0 Å². The summed E-state index contributed by atoms with van der Waals surface area (Å²) in [7, 11) is 1.89. The molecule has 2 rings (SSSR count). The molecule has 2 nitrogen and oxygen atoms in total. The van der Waals surface area contributed by atoms with Gasteiger partial charge >= 0.3 is 6.18 Å². The molecule has 0 radical (unpaired) electrons. The van der Waals surface area contributed by atoms with Gasteiger partial charge in [-0.3, -0.25) is 4.98 Å². The molecular weight excluding hydrogens is 273 g/mol. The van der Waals surface area contributed by atoms with E-state index < -0.39 is 12.1 Å². The van der Waals surface area contributed by atoms with E-state index in [4.69, 9.17) is 0 Å². The summed E-state index contributed by atoms with van der Waals surface area (Å²) in [4.78, 5) is 5.23. The number of nitrogens with one attached hydrogen (secondary N) is 1. The van der Waals surface area contributed by atoms with Crippen LogP contribution in [-0.4, -0.2) is 24.2 Å². The van der Waals surface area contributed by atoms with Gasteiger partial charge in [0, 0.05) is 17.1 Å². The lowest BCUT2D eigenvalue weighted by Gasteiger charge is -2.34. The van der Waals surface area contributed by atoms with Crippen molar-refractivity contribution < 1.29 is 13.2 Å². The van der Waals surface area contributed by atoms with Crippen molar-refractivity contribution in [3.05, 3.63) is 16.6 Å². The van der Waals surface area contributed by atoms with E-state index >= 15 is 0 Å². The molecule has 0 spiro atoms. The highest BCUT2D eigenvalue weighted by Gasteiger charge is 2.42. The summed E-state index contributed by atoms with van der Waals surface area (Å²) >= 11 is 1.60. The van der Waals surface area contributed by atoms with Gasteiger partial charge in [-0.05, 0) is 45.1 Å². The largest absolute Gasteiger partial charge is 0.391 e. The van der Waals surface area contributed by atoms with Crippen molar-refractivity contribution in [2.75, 3.05) is 7.05 Å². The number of halogens is 3. The van der Waals surface area contributed by atoms with Crippen molar-refractivity contribution in [1.82, 2.24) is 10.3 Å². The van der Waals surface area contributed by atoms with Gasteiger partial charge in [0.05, 0.1) is 11.4 Å². The molecule has 1 N–H and O–H groups in total. The zero-order valence-electron chi connectivity index (χ0n) is 10.9. The molecule has 0 amide bonds. The summed E-state index contributed by atoms with van der Waals surface area (Å²) in [5.74, 6) is -0.754. The number of likely N-dealkylation sites (N-methyl/N-ethyl adjacent to an activating group) is 1. The quantitative estimate of drug-likeness (QED) is 0.916. The Morgan fingerprint density at radius 3 is 2.53 bits per heavy atom. The number of rotatable bonds is 4. The molecule has 1 aromatic heterocycles. The number of alkyl halides is 3. The Morgan fingerprint density at radius 2 is 2.05 bits per heavy atom. The van der Waals surface area contributed by atoms with Crippen LogP contribution in [0.1, 0.15) is 30.6 Å². The predicted molar refractivity (Wildman–Crippen MR) is 70.2 cm³/mol. The molecule has 1 aliphatic carbocycles. The lowest BCUT2D eigenvalue weighted by molar-refractivity contribution is -0.184. The average molecular weight is 292 g/mol. The zero-order valence-corrected chi connectivity index (χ0v) is 11.7. The highest BCUT2D eigenvalue weighted by atomic mass is 32.1. The monoisotopic (exact) mass is 292 g/mol. The van der Waals surface area contributed by atoms with Crippen LogP contribution in [0.5, 0.6) is 0 Å². The second kappa shape index (κ2) is 6.22. The second-order valence-corrected chi connectivity index (χ2v) is 6.19. The molecule has 1 aliphatic rings. The normalized spacial score (nSPS) is 26.3. The molecule has 1 atom stereocenters. The Bertz CT molecular complexity index is 370. The van der Waals surface area contributed by atoms with Crippen LogP contribution >= 0.6 is 11.3 Å². The summed E-state index contributed by atoms with van der Waals surface area (Å²) in [5.41, 5.74) is 1.79. The highest BCUT2D eigenvalue weighted by Crippen LogP contribution is 2.40. The number of aromatic nitrogens is 1. The molecule has 1 aromatic rings. The molecule has 1 fully saturated rings. The average Bonchev–Trinajstić information content (AvgIpc) is 2.88. The highest BCUT2D eigenvalue weighted by molar-refractivity contribution is 7.09. The van der Waals surface area contributed by atoms with E-state index in [0.717, 1.165) is 6.42 Å². The zero-order chi connectivity index (χ0) is 13.9. The minimum Gasteiger partial charge on any atom is -0.316 e. The van der Waals surface area contributed by atoms with Gasteiger partial charge < -0.3 is 5.32 Å². The third kappa shape index (κ3) is 3.92. The lowest BCUT2D eigenvalue weighted by atomic mass is 9.77. The maximum atomic E-state index is 12.6. The van der Waals surface area contributed by atoms with Crippen LogP contribution in [0.25, 0.3) is 0 Å². The molecule has 0 aromatic carbocycles. The maximum Gasteiger partial charge on any atom is 0.391 e. The van der Waals surface area contributed by atoms with Crippen molar-refractivity contribution in [3.63, 3.8) is 0 Å². The summed E-state index contributed by atoms with van der Waals surface area (Å²) in [5, 5.41) is 3.26. The van der Waals surface area contributed by atoms with Gasteiger partial charge in [0.25, 0.3) is 0 Å². The summed E-state index contributed by atoms with van der Waals surface area (Å²) in [6.45, 7) is 0. The van der Waals surface area contributed by atoms with Gasteiger partial charge in [-0.15, -0.1) is 11.3 Å². The van der Waals surface area contributed by atoms with Gasteiger partial charge in [-0.25, -0.2) is 0 Å². The first-order chi connectivity index (χ1) is 9.00. The molecular formula is C13H19F3N2S. The lowest BCUT2D eigenvalue weighted by Crippen LogP contribution is -2.39. The predicted octanol–water partition coefficient (Wildman–Crippen LogP) is 3.64. The van der Waals surface area contributed by atoms with Gasteiger partial charge in [0.15, 0.2) is 0 Å². The minimum absolute atomic E-state index is 0.259. The maximum absolute atomic E-state index is 12.6. The number of hydrogen-bond donors (Lipinski definition) is 1. The number of nitrogens with zero attached hydrogens (tertiary/aromatic N) is 1. The van der Waals surface area contributed by atoms with E-state index in [1.165, 1.54) is 4.88 Å². The summed E-state index contributed by atoms with van der Waals surface area (Å²) in [6.07, 6.45) is 0.559. The first-order valence-electron chi connectivity index (χ1n) is 6.62. The summed E-state index contributed by atoms with van der Waals surface area (Å²) < 4.78 is 37.9. The van der Waals surface area contributed by atoms with Crippen molar-refractivity contribution in [2.24, 2.45) is 11.8 Å². The molecule has 0 saturated heterocycles. The van der Waals surface area contributed by atoms with Crippen molar-refractivity contribution in [1.29, 1.82) is 0 Å². The molecule has 19 heavy (non-hydrogen) atoms. The van der Waals surface area contributed by atoms with Crippen molar-refractivity contribution in [3.8, 4) is 0 Å². The topological polar surface area (TPSA) is 24.9 Å². The second-order valence-electron chi connectivity index (χ2n) is 5.22. The SMILES string of the molecule is CNC(Cc1cncs1)C1CCC(C(F)(F)F)CC1. The minimum atomic E-state index is -4.02. The van der Waals surface area contributed by atoms with E-state index in [1.807, 2.05) is 13.2 Å². The molecule has 108 valence electrons. The Hall–Kier alpha value is -0.620. The molecule has 0 aliphatic heterocycles. The van der Waals surface area contributed by atoms with Crippen molar-refractivity contribution >= 4 is 11.3 Å². The van der Waals surface area contributed by atoms with Crippen LogP contribution in [-0.2, 0) is 6.42 Å². The number of thiazole rings is 1. The van der Waals surface area contributed by atoms with Crippen LogP contribution < -0.4 is 5.32 Å². The Labute approximate surface area is 115 Å². The first-order valence-corrected chi connectivity index (χ1v) is 7.50. The van der Waals surface area contributed by atoms with Gasteiger partial charge in [0.1, 0.15) is 0 Å². The van der Waals surface area contributed by atoms with E-state index in [9.17, 15) is 13.2 Å². The molecule has 1 heterocycles. The van der Waals surface area contributed by atoms with Crippen LogP contribution in [0.3, 0.4) is 0 Å². The fourth-order valence-corrected chi connectivity index (χ4v) is 3.57. The Kier molecular flexibility index (Phi) is 4.84. The third-order valence-electron chi connectivity index (χ3n) is 4.08. The standard InChI is InChI=1S/C13H19F3N2S/c1-17-12(6-11-7-18-8-19-11)9-2-4-10(5-3-9)13(14,15)16/h7-10,12,17H,2-6H2,1H3. The van der Waals surface area contributed by atoms with E-state index in [-0.39, 0.29) is 18.9 Å². The molecule has 6 heteroatoms. The van der Waals surface area contributed by atoms with Crippen LogP contribution in [0.15, 0.2) is 11.7 Å². The van der Waals surface area contributed by atoms with Gasteiger partial charge in [-0.2, -0.15) is 13.2 Å². The van der Waals surface area contributed by atoms with Crippen LogP contribution in [0, 0.1) is 11.8 Å². The van der Waals surface area contributed by atoms with Crippen LogP contribution in [0.4, 0.5) is 13.2 Å². The fraction of sp³-hybridized carbons (Fsp3) is 0.769. The Morgan fingerprint density at radius 1 is 1.37 bits per heavy atom. The Balaban J connectivity index is 1.88. The van der Waals surface area contributed by atoms with E-state index in [1.54, 1.807) is 16.8 Å². The molecule has 1 saturated carbocycles. The number of hydrogen-bond acceptors (Lipinski definition) is 3. The van der Waals surface area contributed by atoms with E-state index in [2.05, 4.69) is 10.3 Å². The van der Waals surface area contributed by atoms with Crippen molar-refractivity contribution in [2.45, 2.75) is 44.3 Å². The van der Waals surface area contributed by atoms with Crippen LogP contribution in [0.2, 0.25) is 0 Å². The molecule has 0 bridgehead atoms. The van der Waals surface area contributed by atoms with Gasteiger partial charge in [-0.1, -0.05) is 0 Å². The third-order valence-corrected chi connectivity index (χ3v) is 4.88. The first kappa shape index (κ1) is 14.8. The fourth-order valence-electron chi connectivity index (χ4n) is 2.91. The van der Waals surface area contributed by atoms with E-state index in [0.29, 0.717) is 18.8 Å². The summed E-state index contributed by atoms with van der Waals surface area (Å²) in [6, 6.07) is 0.259. The molecule has 1 unspecified atom stereocenters.